The summed E-state index contributed by atoms with van der Waals surface area (Å²) in [5, 5.41) is 20.0. The second-order valence-electron chi connectivity index (χ2n) is 5.73. The molecular formula is C17H16N4O4S2. The molecular weight excluding hydrogens is 388 g/mol. The SMILES string of the molecule is Cc1nc(-c2ccccc2)sc1CNc1ccc([N+](=O)[O-])cc1S(N)(=O)=O. The van der Waals surface area contributed by atoms with Gasteiger partial charge >= 0.3 is 0 Å². The van der Waals surface area contributed by atoms with Crippen molar-refractivity contribution in [2.45, 2.75) is 18.4 Å². The summed E-state index contributed by atoms with van der Waals surface area (Å²) in [7, 11) is -4.12. The molecule has 0 saturated carbocycles. The zero-order chi connectivity index (χ0) is 19.6. The molecule has 10 heteroatoms. The Hall–Kier alpha value is -2.82. The van der Waals surface area contributed by atoms with Crippen LogP contribution in [0.3, 0.4) is 0 Å². The highest BCUT2D eigenvalue weighted by molar-refractivity contribution is 7.89. The number of thiazole rings is 1. The molecule has 0 bridgehead atoms. The van der Waals surface area contributed by atoms with Gasteiger partial charge in [0.2, 0.25) is 10.0 Å². The number of primary sulfonamides is 1. The first-order valence-corrected chi connectivity index (χ1v) is 10.2. The molecule has 0 aliphatic heterocycles. The summed E-state index contributed by atoms with van der Waals surface area (Å²) in [6.07, 6.45) is 0. The number of nitrogens with one attached hydrogen (secondary N) is 1. The molecule has 0 atom stereocenters. The molecule has 0 aliphatic rings. The quantitative estimate of drug-likeness (QED) is 0.479. The van der Waals surface area contributed by atoms with Crippen molar-refractivity contribution in [3.8, 4) is 10.6 Å². The van der Waals surface area contributed by atoms with Gasteiger partial charge in [-0.2, -0.15) is 0 Å². The van der Waals surface area contributed by atoms with Crippen LogP contribution in [0.2, 0.25) is 0 Å². The first-order valence-electron chi connectivity index (χ1n) is 7.82. The average Bonchev–Trinajstić information content (AvgIpc) is 3.00. The number of anilines is 1. The lowest BCUT2D eigenvalue weighted by Crippen LogP contribution is -2.15. The third-order valence-corrected chi connectivity index (χ3v) is 5.99. The van der Waals surface area contributed by atoms with Crippen LogP contribution in [0.15, 0.2) is 53.4 Å². The van der Waals surface area contributed by atoms with Crippen molar-refractivity contribution in [2.75, 3.05) is 5.32 Å². The fourth-order valence-electron chi connectivity index (χ4n) is 2.48. The minimum Gasteiger partial charge on any atom is -0.379 e. The van der Waals surface area contributed by atoms with Crippen LogP contribution >= 0.6 is 11.3 Å². The lowest BCUT2D eigenvalue weighted by atomic mass is 10.2. The Morgan fingerprint density at radius 3 is 2.56 bits per heavy atom. The normalized spacial score (nSPS) is 11.3. The van der Waals surface area contributed by atoms with Crippen LogP contribution in [-0.4, -0.2) is 18.3 Å². The Bertz CT molecular complexity index is 1100. The summed E-state index contributed by atoms with van der Waals surface area (Å²) in [6.45, 7) is 2.19. The maximum atomic E-state index is 11.8. The van der Waals surface area contributed by atoms with E-state index in [1.165, 1.54) is 23.5 Å². The van der Waals surface area contributed by atoms with Crippen LogP contribution in [0.1, 0.15) is 10.6 Å². The number of sulfonamides is 1. The van der Waals surface area contributed by atoms with E-state index in [4.69, 9.17) is 5.14 Å². The Morgan fingerprint density at radius 2 is 1.93 bits per heavy atom. The van der Waals surface area contributed by atoms with Crippen LogP contribution in [0.4, 0.5) is 11.4 Å². The van der Waals surface area contributed by atoms with Gasteiger partial charge in [-0.05, 0) is 13.0 Å². The fourth-order valence-corrected chi connectivity index (χ4v) is 4.22. The lowest BCUT2D eigenvalue weighted by Gasteiger charge is -2.10. The molecule has 0 amide bonds. The van der Waals surface area contributed by atoms with E-state index in [1.54, 1.807) is 0 Å². The first kappa shape index (κ1) is 19.0. The van der Waals surface area contributed by atoms with Gasteiger partial charge in [0.05, 0.1) is 22.8 Å². The smallest absolute Gasteiger partial charge is 0.270 e. The van der Waals surface area contributed by atoms with Crippen LogP contribution in [-0.2, 0) is 16.6 Å². The number of nitro groups is 1. The summed E-state index contributed by atoms with van der Waals surface area (Å²) in [5.41, 5.74) is 1.69. The molecule has 0 aliphatic carbocycles. The minimum absolute atomic E-state index is 0.206. The molecule has 1 aromatic heterocycles. The van der Waals surface area contributed by atoms with Crippen molar-refractivity contribution in [1.82, 2.24) is 4.98 Å². The van der Waals surface area contributed by atoms with Gasteiger partial charge in [0.1, 0.15) is 9.90 Å². The van der Waals surface area contributed by atoms with Gasteiger partial charge < -0.3 is 5.32 Å². The molecule has 8 nitrogen and oxygen atoms in total. The topological polar surface area (TPSA) is 128 Å². The molecule has 3 N–H and O–H groups in total. The second-order valence-corrected chi connectivity index (χ2v) is 8.34. The molecule has 2 aromatic carbocycles. The van der Waals surface area contributed by atoms with E-state index in [0.29, 0.717) is 6.54 Å². The van der Waals surface area contributed by atoms with Crippen molar-refractivity contribution in [2.24, 2.45) is 5.14 Å². The minimum atomic E-state index is -4.12. The molecule has 3 aromatic rings. The van der Waals surface area contributed by atoms with Gasteiger partial charge in [-0.25, -0.2) is 18.5 Å². The second kappa shape index (κ2) is 7.43. The van der Waals surface area contributed by atoms with Gasteiger partial charge in [-0.15, -0.1) is 11.3 Å². The largest absolute Gasteiger partial charge is 0.379 e. The maximum Gasteiger partial charge on any atom is 0.270 e. The summed E-state index contributed by atoms with van der Waals surface area (Å²) in [5.74, 6) is 0. The first-order chi connectivity index (χ1) is 12.8. The predicted molar refractivity (Wildman–Crippen MR) is 104 cm³/mol. The van der Waals surface area contributed by atoms with E-state index >= 15 is 0 Å². The number of hydrogen-bond donors (Lipinski definition) is 2. The maximum absolute atomic E-state index is 11.8. The van der Waals surface area contributed by atoms with Crippen molar-refractivity contribution in [1.29, 1.82) is 0 Å². The lowest BCUT2D eigenvalue weighted by molar-refractivity contribution is -0.385. The molecule has 3 rings (SSSR count). The van der Waals surface area contributed by atoms with Crippen LogP contribution < -0.4 is 10.5 Å². The fraction of sp³-hybridized carbons (Fsp3) is 0.118. The molecule has 0 saturated heterocycles. The third-order valence-electron chi connectivity index (χ3n) is 3.84. The van der Waals surface area contributed by atoms with E-state index in [2.05, 4.69) is 10.3 Å². The number of non-ortho nitro benzene ring substituents is 1. The number of hydrogen-bond acceptors (Lipinski definition) is 7. The zero-order valence-electron chi connectivity index (χ0n) is 14.2. The van der Waals surface area contributed by atoms with Gasteiger partial charge in [-0.3, -0.25) is 10.1 Å². The molecule has 140 valence electrons. The molecule has 0 spiro atoms. The third kappa shape index (κ3) is 4.30. The highest BCUT2D eigenvalue weighted by Gasteiger charge is 2.19. The number of benzene rings is 2. The molecule has 0 unspecified atom stereocenters. The number of aromatic nitrogens is 1. The predicted octanol–water partition coefficient (Wildman–Crippen LogP) is 3.29. The molecule has 0 radical (unpaired) electrons. The highest BCUT2D eigenvalue weighted by Crippen LogP contribution is 2.30. The average molecular weight is 404 g/mol. The van der Waals surface area contributed by atoms with E-state index in [1.807, 2.05) is 37.3 Å². The van der Waals surface area contributed by atoms with Crippen molar-refractivity contribution < 1.29 is 13.3 Å². The zero-order valence-corrected chi connectivity index (χ0v) is 15.9. The number of rotatable bonds is 6. The summed E-state index contributed by atoms with van der Waals surface area (Å²) < 4.78 is 23.6. The highest BCUT2D eigenvalue weighted by atomic mass is 32.2. The van der Waals surface area contributed by atoms with Crippen LogP contribution in [0, 0.1) is 17.0 Å². The van der Waals surface area contributed by atoms with Gasteiger partial charge in [-0.1, -0.05) is 30.3 Å². The van der Waals surface area contributed by atoms with Crippen LogP contribution in [0.25, 0.3) is 10.6 Å². The van der Waals surface area contributed by atoms with Gasteiger partial charge in [0.15, 0.2) is 0 Å². The Balaban J connectivity index is 1.87. The van der Waals surface area contributed by atoms with E-state index in [9.17, 15) is 18.5 Å². The number of nitrogens with zero attached hydrogens (tertiary/aromatic N) is 2. The Labute approximate surface area is 159 Å². The number of nitrogens with two attached hydrogens (primary N) is 1. The van der Waals surface area contributed by atoms with E-state index < -0.39 is 14.9 Å². The van der Waals surface area contributed by atoms with Crippen molar-refractivity contribution in [3.05, 3.63) is 69.2 Å². The summed E-state index contributed by atoms with van der Waals surface area (Å²) in [4.78, 5) is 15.4. The number of nitro benzene ring substituents is 1. The van der Waals surface area contributed by atoms with Crippen LogP contribution in [0.5, 0.6) is 0 Å². The van der Waals surface area contributed by atoms with Crippen molar-refractivity contribution >= 4 is 32.7 Å². The summed E-state index contributed by atoms with van der Waals surface area (Å²) in [6, 6.07) is 13.2. The Morgan fingerprint density at radius 1 is 1.22 bits per heavy atom. The monoisotopic (exact) mass is 404 g/mol. The van der Waals surface area contributed by atoms with Gasteiger partial charge in [0.25, 0.3) is 5.69 Å². The molecule has 27 heavy (non-hydrogen) atoms. The van der Waals surface area contributed by atoms with Crippen molar-refractivity contribution in [3.63, 3.8) is 0 Å². The molecule has 1 heterocycles. The van der Waals surface area contributed by atoms with E-state index in [0.717, 1.165) is 27.2 Å². The van der Waals surface area contributed by atoms with Gasteiger partial charge in [0, 0.05) is 22.6 Å². The number of aryl methyl sites for hydroxylation is 1. The standard InChI is InChI=1S/C17H16N4O4S2/c1-11-15(26-17(20-11)12-5-3-2-4-6-12)10-19-14-8-7-13(21(22)23)9-16(14)27(18,24)25/h2-9,19H,10H2,1H3,(H2,18,24,25). The molecule has 0 fully saturated rings. The van der Waals surface area contributed by atoms with E-state index in [-0.39, 0.29) is 16.3 Å². The summed E-state index contributed by atoms with van der Waals surface area (Å²) >= 11 is 1.49. The Kier molecular flexibility index (Phi) is 5.22.